The molecule has 96 valence electrons. The summed E-state index contributed by atoms with van der Waals surface area (Å²) in [6, 6.07) is 3.46. The average molecular weight is 226 g/mol. The molecule has 0 aromatic rings. The maximum absolute atomic E-state index is 2.45. The molecule has 0 aliphatic carbocycles. The maximum Gasteiger partial charge on any atom is 0.313 e. The first-order valence-corrected chi connectivity index (χ1v) is 7.44. The average Bonchev–Trinajstić information content (AvgIpc) is 1.98. The van der Waals surface area contributed by atoms with E-state index in [2.05, 4.69) is 55.4 Å². The molecule has 0 atom stereocenters. The van der Waals surface area contributed by atoms with Gasteiger partial charge in [-0.2, -0.15) is 0 Å². The highest BCUT2D eigenvalue weighted by atomic mass is 15.5. The monoisotopic (exact) mass is 226 g/mol. The molecule has 16 heavy (non-hydrogen) atoms. The van der Waals surface area contributed by atoms with Crippen molar-refractivity contribution in [2.24, 2.45) is 0 Å². The Balaban J connectivity index is 2.89. The third-order valence-corrected chi connectivity index (χ3v) is 7.05. The van der Waals surface area contributed by atoms with Crippen LogP contribution in [0.2, 0.25) is 0 Å². The Bertz CT molecular complexity index is 199. The van der Waals surface area contributed by atoms with Gasteiger partial charge in [0.25, 0.3) is 0 Å². The van der Waals surface area contributed by atoms with Crippen LogP contribution >= 0.6 is 0 Å². The van der Waals surface area contributed by atoms with Crippen molar-refractivity contribution in [2.75, 3.05) is 0 Å². The van der Waals surface area contributed by atoms with Crippen molar-refractivity contribution in [3.05, 3.63) is 0 Å². The molecule has 4 heteroatoms. The minimum Gasteiger partial charge on any atom is -0.622 e. The number of hydrogen-bond acceptors (Lipinski definition) is 0. The molecule has 1 heterocycles. The van der Waals surface area contributed by atoms with Crippen molar-refractivity contribution in [1.29, 1.82) is 0 Å². The van der Waals surface area contributed by atoms with Crippen LogP contribution in [0.1, 0.15) is 55.4 Å². The van der Waals surface area contributed by atoms with Crippen molar-refractivity contribution < 1.29 is 8.61 Å². The third kappa shape index (κ3) is 1.84. The quantitative estimate of drug-likeness (QED) is 0.633. The zero-order chi connectivity index (χ0) is 12.7. The molecule has 1 rings (SSSR count). The lowest BCUT2D eigenvalue weighted by molar-refractivity contribution is -0.972. The molecule has 0 aromatic carbocycles. The Morgan fingerprint density at radius 1 is 0.500 bits per heavy atom. The summed E-state index contributed by atoms with van der Waals surface area (Å²) in [5, 5.41) is 0. The van der Waals surface area contributed by atoms with Gasteiger partial charge in [-0.15, -0.1) is 0 Å². The minimum absolute atomic E-state index is 0.102. The van der Waals surface area contributed by atoms with Crippen LogP contribution in [0.25, 0.3) is 0 Å². The van der Waals surface area contributed by atoms with Crippen molar-refractivity contribution in [3.8, 4) is 0 Å². The highest BCUT2D eigenvalue weighted by Crippen LogP contribution is 2.35. The number of hydrogen-bond donors (Lipinski definition) is 0. The summed E-state index contributed by atoms with van der Waals surface area (Å²) in [6.07, 6.45) is 0. The van der Waals surface area contributed by atoms with Crippen LogP contribution in [-0.4, -0.2) is 47.9 Å². The lowest BCUT2D eigenvalue weighted by atomic mass is 9.57. The standard InChI is InChI=1S/C12H32B2N2/c1-9(2)15(10(3)4)13-16(14-15,11(5)6)12(7)8/h9-12H,13-14H2,1-8H3. The van der Waals surface area contributed by atoms with Gasteiger partial charge in [-0.05, 0) is 55.4 Å². The van der Waals surface area contributed by atoms with Crippen LogP contribution in [0.3, 0.4) is 0 Å². The highest BCUT2D eigenvalue weighted by Gasteiger charge is 2.47. The SMILES string of the molecule is CC(C)[N+]1(C(C)C)[BH2-][N+](C(C)C)(C(C)C)[BH2-]1. The fourth-order valence-electron chi connectivity index (χ4n) is 4.70. The van der Waals surface area contributed by atoms with E-state index in [4.69, 9.17) is 0 Å². The molecule has 1 aliphatic heterocycles. The Hall–Kier alpha value is 0.0499. The maximum atomic E-state index is 2.45. The molecule has 0 amide bonds. The largest absolute Gasteiger partial charge is 0.622 e. The molecular formula is C12H32B2N2. The van der Waals surface area contributed by atoms with Crippen molar-refractivity contribution >= 4 is 15.1 Å². The molecule has 0 bridgehead atoms. The Morgan fingerprint density at radius 2 is 0.688 bits per heavy atom. The van der Waals surface area contributed by atoms with Gasteiger partial charge in [0.1, 0.15) is 0 Å². The summed E-state index contributed by atoms with van der Waals surface area (Å²) >= 11 is 0. The minimum atomic E-state index is 0.102. The summed E-state index contributed by atoms with van der Waals surface area (Å²) < 4.78 is 3.10. The lowest BCUT2D eigenvalue weighted by Crippen LogP contribution is -2.90. The molecule has 1 saturated heterocycles. The summed E-state index contributed by atoms with van der Waals surface area (Å²) in [5.41, 5.74) is 0. The molecule has 0 aromatic heterocycles. The van der Waals surface area contributed by atoms with E-state index in [1.54, 1.807) is 8.61 Å². The summed E-state index contributed by atoms with van der Waals surface area (Å²) in [5.74, 6) is 0. The molecule has 1 fully saturated rings. The normalized spacial score (nSPS) is 23.2. The van der Waals surface area contributed by atoms with E-state index in [1.165, 1.54) is 0 Å². The molecule has 1 aliphatic rings. The van der Waals surface area contributed by atoms with E-state index in [9.17, 15) is 0 Å². The van der Waals surface area contributed by atoms with Crippen LogP contribution < -0.4 is 0 Å². The van der Waals surface area contributed by atoms with Gasteiger partial charge in [-0.25, -0.2) is 0 Å². The first-order chi connectivity index (χ1) is 7.19. The van der Waals surface area contributed by atoms with E-state index in [1.807, 2.05) is 0 Å². The van der Waals surface area contributed by atoms with Crippen LogP contribution in [0, 0.1) is 0 Å². The Kier molecular flexibility index (Phi) is 3.86. The van der Waals surface area contributed by atoms with Crippen molar-refractivity contribution in [1.82, 2.24) is 0 Å². The van der Waals surface area contributed by atoms with Crippen LogP contribution in [-0.2, 0) is 0 Å². The predicted octanol–water partition coefficient (Wildman–Crippen LogP) is 1.26. The van der Waals surface area contributed by atoms with Crippen molar-refractivity contribution in [3.63, 3.8) is 0 Å². The Morgan fingerprint density at radius 3 is 0.812 bits per heavy atom. The van der Waals surface area contributed by atoms with E-state index < -0.39 is 0 Å². The van der Waals surface area contributed by atoms with Gasteiger partial charge in [0.2, 0.25) is 0 Å². The second kappa shape index (κ2) is 4.38. The van der Waals surface area contributed by atoms with Crippen LogP contribution in [0.4, 0.5) is 0 Å². The predicted molar refractivity (Wildman–Crippen MR) is 78.2 cm³/mol. The van der Waals surface area contributed by atoms with E-state index >= 15 is 0 Å². The molecule has 0 N–H and O–H groups in total. The van der Waals surface area contributed by atoms with Gasteiger partial charge < -0.3 is 8.61 Å². The molecular weight excluding hydrogens is 194 g/mol. The molecule has 0 unspecified atom stereocenters. The van der Waals surface area contributed by atoms with Crippen LogP contribution in [0.15, 0.2) is 0 Å². The van der Waals surface area contributed by atoms with Gasteiger partial charge in [0.05, 0.1) is 0 Å². The summed E-state index contributed by atoms with van der Waals surface area (Å²) in [7, 11) is 0.204. The topological polar surface area (TPSA) is 0 Å². The zero-order valence-corrected chi connectivity index (χ0v) is 13.2. The molecule has 2 nitrogen and oxygen atoms in total. The highest BCUT2D eigenvalue weighted by molar-refractivity contribution is 6.47. The third-order valence-electron chi connectivity index (χ3n) is 7.05. The van der Waals surface area contributed by atoms with Gasteiger partial charge in [-0.3, -0.25) is 0 Å². The van der Waals surface area contributed by atoms with Gasteiger partial charge >= 0.3 is 15.1 Å². The number of nitrogens with zero attached hydrogens (tertiary/aromatic N) is 2. The Labute approximate surface area is 104 Å². The van der Waals surface area contributed by atoms with Gasteiger partial charge in [0.15, 0.2) is 0 Å². The number of quaternary nitrogens is 2. The fraction of sp³-hybridized carbons (Fsp3) is 1.00. The zero-order valence-electron chi connectivity index (χ0n) is 13.2. The van der Waals surface area contributed by atoms with Crippen molar-refractivity contribution in [2.45, 2.75) is 79.6 Å². The van der Waals surface area contributed by atoms with E-state index in [0.29, 0.717) is 0 Å². The lowest BCUT2D eigenvalue weighted by Gasteiger charge is -2.83. The van der Waals surface area contributed by atoms with E-state index in [-0.39, 0.29) is 15.1 Å². The van der Waals surface area contributed by atoms with E-state index in [0.717, 1.165) is 24.2 Å². The second-order valence-electron chi connectivity index (χ2n) is 8.03. The smallest absolute Gasteiger partial charge is 0.313 e. The fourth-order valence-corrected chi connectivity index (χ4v) is 4.70. The molecule has 0 spiro atoms. The summed E-state index contributed by atoms with van der Waals surface area (Å²) in [4.78, 5) is 0. The van der Waals surface area contributed by atoms with Gasteiger partial charge in [0, 0.05) is 24.2 Å². The van der Waals surface area contributed by atoms with Gasteiger partial charge in [-0.1, -0.05) is 0 Å². The molecule has 0 radical (unpaired) electrons. The second-order valence-corrected chi connectivity index (χ2v) is 8.03. The van der Waals surface area contributed by atoms with Crippen LogP contribution in [0.5, 0.6) is 0 Å². The molecule has 0 saturated carbocycles. The number of rotatable bonds is 4. The first kappa shape index (κ1) is 14.1. The summed E-state index contributed by atoms with van der Waals surface area (Å²) in [6.45, 7) is 19.6. The first-order valence-electron chi connectivity index (χ1n) is 7.44.